The van der Waals surface area contributed by atoms with Crippen molar-refractivity contribution in [3.63, 3.8) is 0 Å². The van der Waals surface area contributed by atoms with E-state index in [2.05, 4.69) is 26.0 Å². The van der Waals surface area contributed by atoms with Crippen molar-refractivity contribution < 1.29 is 9.00 Å². The summed E-state index contributed by atoms with van der Waals surface area (Å²) in [5.74, 6) is -0.295. The lowest BCUT2D eigenvalue weighted by Gasteiger charge is -2.12. The van der Waals surface area contributed by atoms with Gasteiger partial charge in [-0.05, 0) is 42.5 Å². The number of nitrogens with one attached hydrogen (secondary N) is 2. The van der Waals surface area contributed by atoms with Crippen LogP contribution in [0.2, 0.25) is 4.34 Å². The molecule has 0 saturated carbocycles. The predicted molar refractivity (Wildman–Crippen MR) is 108 cm³/mol. The van der Waals surface area contributed by atoms with Gasteiger partial charge in [-0.1, -0.05) is 45.7 Å². The first kappa shape index (κ1) is 18.1. The zero-order valence-electron chi connectivity index (χ0n) is 12.7. The second kappa shape index (κ2) is 8.14. The number of para-hydroxylation sites is 1. The second-order valence-electron chi connectivity index (χ2n) is 4.94. The number of amides is 1. The van der Waals surface area contributed by atoms with E-state index < -0.39 is 11.0 Å². The Morgan fingerprint density at radius 1 is 1.08 bits per heavy atom. The van der Waals surface area contributed by atoms with Crippen molar-refractivity contribution in [2.75, 3.05) is 10.0 Å². The molecule has 1 aromatic heterocycles. The lowest BCUT2D eigenvalue weighted by atomic mass is 10.1. The van der Waals surface area contributed by atoms with E-state index in [4.69, 9.17) is 11.6 Å². The standard InChI is InChI=1S/C17H12BrClN2O2S2/c18-11-6-7-14(21-25(23)16-9-8-15(19)24-16)13(10-11)17(22)20-12-4-2-1-3-5-12/h1-10,21H,(H,20,22). The molecule has 2 aromatic carbocycles. The van der Waals surface area contributed by atoms with Crippen LogP contribution in [0.3, 0.4) is 0 Å². The first-order valence-electron chi connectivity index (χ1n) is 7.12. The smallest absolute Gasteiger partial charge is 0.257 e. The van der Waals surface area contributed by atoms with Crippen LogP contribution in [-0.2, 0) is 11.0 Å². The van der Waals surface area contributed by atoms with Gasteiger partial charge >= 0.3 is 0 Å². The van der Waals surface area contributed by atoms with Crippen LogP contribution in [0, 0.1) is 0 Å². The average molecular weight is 456 g/mol. The molecule has 0 bridgehead atoms. The topological polar surface area (TPSA) is 58.2 Å². The van der Waals surface area contributed by atoms with Gasteiger partial charge in [-0.15, -0.1) is 11.3 Å². The number of halogens is 2. The van der Waals surface area contributed by atoms with Crippen LogP contribution in [0.4, 0.5) is 11.4 Å². The Labute approximate surface area is 164 Å². The Bertz CT molecular complexity index is 931. The fraction of sp³-hybridized carbons (Fsp3) is 0. The number of benzene rings is 2. The maximum absolute atomic E-state index is 12.6. The maximum atomic E-state index is 12.6. The van der Waals surface area contributed by atoms with Crippen LogP contribution in [0.1, 0.15) is 10.4 Å². The number of anilines is 2. The first-order valence-corrected chi connectivity index (χ1v) is 10.3. The summed E-state index contributed by atoms with van der Waals surface area (Å²) in [6.45, 7) is 0. The van der Waals surface area contributed by atoms with Crippen molar-refractivity contribution >= 4 is 67.1 Å². The fourth-order valence-corrected chi connectivity index (χ4v) is 4.70. The van der Waals surface area contributed by atoms with Gasteiger partial charge in [-0.25, -0.2) is 4.21 Å². The number of carbonyl (C=O) groups excluding carboxylic acids is 1. The highest BCUT2D eigenvalue weighted by atomic mass is 79.9. The molecule has 3 aromatic rings. The van der Waals surface area contributed by atoms with Gasteiger partial charge in [0.25, 0.3) is 5.91 Å². The number of hydrogen-bond donors (Lipinski definition) is 2. The Balaban J connectivity index is 1.85. The molecule has 4 nitrogen and oxygen atoms in total. The number of thiophene rings is 1. The Morgan fingerprint density at radius 3 is 2.52 bits per heavy atom. The molecule has 0 aliphatic rings. The van der Waals surface area contributed by atoms with Crippen LogP contribution in [0.15, 0.2) is 69.3 Å². The largest absolute Gasteiger partial charge is 0.322 e. The van der Waals surface area contributed by atoms with E-state index in [9.17, 15) is 9.00 Å². The number of carbonyl (C=O) groups is 1. The SMILES string of the molecule is O=C(Nc1ccccc1)c1cc(Br)ccc1NS(=O)c1ccc(Cl)s1. The summed E-state index contributed by atoms with van der Waals surface area (Å²) in [5.41, 5.74) is 1.54. The summed E-state index contributed by atoms with van der Waals surface area (Å²) in [7, 11) is -1.50. The third kappa shape index (κ3) is 4.70. The minimum Gasteiger partial charge on any atom is -0.322 e. The van der Waals surface area contributed by atoms with Crippen molar-refractivity contribution in [3.8, 4) is 0 Å². The molecule has 8 heteroatoms. The third-order valence-electron chi connectivity index (χ3n) is 3.19. The zero-order chi connectivity index (χ0) is 17.8. The van der Waals surface area contributed by atoms with Gasteiger partial charge in [0.15, 0.2) is 11.0 Å². The zero-order valence-corrected chi connectivity index (χ0v) is 16.6. The van der Waals surface area contributed by atoms with Gasteiger partial charge in [0.2, 0.25) is 0 Å². The molecule has 0 spiro atoms. The molecule has 3 rings (SSSR count). The highest BCUT2D eigenvalue weighted by molar-refractivity contribution is 9.10. The molecule has 0 radical (unpaired) electrons. The van der Waals surface area contributed by atoms with Gasteiger partial charge in [0.1, 0.15) is 4.21 Å². The quantitative estimate of drug-likeness (QED) is 0.530. The van der Waals surface area contributed by atoms with Crippen LogP contribution in [-0.4, -0.2) is 10.1 Å². The van der Waals surface area contributed by atoms with Crippen LogP contribution >= 0.6 is 38.9 Å². The van der Waals surface area contributed by atoms with Gasteiger partial charge in [0, 0.05) is 10.2 Å². The molecule has 1 unspecified atom stereocenters. The fourth-order valence-electron chi connectivity index (χ4n) is 2.06. The van der Waals surface area contributed by atoms with Crippen molar-refractivity contribution in [2.45, 2.75) is 4.21 Å². The van der Waals surface area contributed by atoms with E-state index in [1.165, 1.54) is 11.3 Å². The van der Waals surface area contributed by atoms with Crippen LogP contribution in [0.5, 0.6) is 0 Å². The summed E-state index contributed by atoms with van der Waals surface area (Å²) in [5, 5.41) is 2.83. The van der Waals surface area contributed by atoms with E-state index in [0.717, 1.165) is 4.47 Å². The molecule has 2 N–H and O–H groups in total. The van der Waals surface area contributed by atoms with Crippen molar-refractivity contribution in [1.82, 2.24) is 0 Å². The summed E-state index contributed by atoms with van der Waals surface area (Å²) >= 11 is 10.5. The molecule has 1 atom stereocenters. The summed E-state index contributed by atoms with van der Waals surface area (Å²) in [6, 6.07) is 17.7. The summed E-state index contributed by atoms with van der Waals surface area (Å²) in [4.78, 5) is 12.6. The van der Waals surface area contributed by atoms with Gasteiger partial charge < -0.3 is 5.32 Å². The predicted octanol–water partition coefficient (Wildman–Crippen LogP) is 5.55. The lowest BCUT2D eigenvalue weighted by Crippen LogP contribution is -2.15. The minimum absolute atomic E-state index is 0.295. The van der Waals surface area contributed by atoms with Gasteiger partial charge in [-0.2, -0.15) is 0 Å². The normalized spacial score (nSPS) is 11.8. The number of rotatable bonds is 5. The monoisotopic (exact) mass is 454 g/mol. The molecular weight excluding hydrogens is 444 g/mol. The Kier molecular flexibility index (Phi) is 5.90. The van der Waals surface area contributed by atoms with E-state index >= 15 is 0 Å². The van der Waals surface area contributed by atoms with Crippen molar-refractivity contribution in [1.29, 1.82) is 0 Å². The highest BCUT2D eigenvalue weighted by Gasteiger charge is 2.15. The molecule has 0 aliphatic heterocycles. The average Bonchev–Trinajstić information content (AvgIpc) is 3.04. The van der Waals surface area contributed by atoms with Crippen molar-refractivity contribution in [3.05, 3.63) is 75.0 Å². The lowest BCUT2D eigenvalue weighted by molar-refractivity contribution is 0.102. The molecule has 1 amide bonds. The molecule has 0 aliphatic carbocycles. The van der Waals surface area contributed by atoms with E-state index in [0.29, 0.717) is 25.5 Å². The Hall–Kier alpha value is -1.67. The maximum Gasteiger partial charge on any atom is 0.257 e. The summed E-state index contributed by atoms with van der Waals surface area (Å²) in [6.07, 6.45) is 0. The minimum atomic E-state index is -1.50. The van der Waals surface area contributed by atoms with Crippen LogP contribution in [0.25, 0.3) is 0 Å². The van der Waals surface area contributed by atoms with Gasteiger partial charge in [0.05, 0.1) is 15.6 Å². The molecule has 0 saturated heterocycles. The van der Waals surface area contributed by atoms with E-state index in [-0.39, 0.29) is 5.91 Å². The van der Waals surface area contributed by atoms with E-state index in [1.807, 2.05) is 18.2 Å². The summed E-state index contributed by atoms with van der Waals surface area (Å²) < 4.78 is 17.2. The second-order valence-corrected chi connectivity index (χ2v) is 9.01. The van der Waals surface area contributed by atoms with Crippen molar-refractivity contribution in [2.24, 2.45) is 0 Å². The molecule has 0 fully saturated rings. The molecule has 25 heavy (non-hydrogen) atoms. The van der Waals surface area contributed by atoms with Crippen LogP contribution < -0.4 is 10.0 Å². The van der Waals surface area contributed by atoms with E-state index in [1.54, 1.807) is 42.5 Å². The molecule has 128 valence electrons. The van der Waals surface area contributed by atoms with Gasteiger partial charge in [-0.3, -0.25) is 9.52 Å². The number of hydrogen-bond acceptors (Lipinski definition) is 3. The third-order valence-corrected chi connectivity index (χ3v) is 6.32. The highest BCUT2D eigenvalue weighted by Crippen LogP contribution is 2.27. The Morgan fingerprint density at radius 2 is 1.84 bits per heavy atom. The molecular formula is C17H12BrClN2O2S2. The first-order chi connectivity index (χ1) is 12.0. The molecule has 1 heterocycles.